The normalized spacial score (nSPS) is 23.4. The average molecular weight is 785 g/mol. The van der Waals surface area contributed by atoms with E-state index >= 15 is 0 Å². The van der Waals surface area contributed by atoms with Crippen LogP contribution in [0.15, 0.2) is 24.3 Å². The van der Waals surface area contributed by atoms with Crippen LogP contribution < -0.4 is 0 Å². The van der Waals surface area contributed by atoms with E-state index in [2.05, 4.69) is 0 Å². The van der Waals surface area contributed by atoms with Crippen LogP contribution in [-0.2, 0) is 18.9 Å². The van der Waals surface area contributed by atoms with E-state index < -0.39 is 52.1 Å². The maximum Gasteiger partial charge on any atom is 0.410 e. The molecular formula is C39H68N4O12. The summed E-state index contributed by atoms with van der Waals surface area (Å²) in [5.41, 5.74) is -1.39. The van der Waals surface area contributed by atoms with Gasteiger partial charge in [-0.25, -0.2) is 19.2 Å². The number of nitro groups is 1. The second-order valence-corrected chi connectivity index (χ2v) is 16.8. The highest BCUT2D eigenvalue weighted by atomic mass is 16.6. The van der Waals surface area contributed by atoms with Crippen molar-refractivity contribution in [2.75, 3.05) is 19.6 Å². The molecule has 0 aromatic heterocycles. The number of rotatable bonds is 3. The zero-order valence-corrected chi connectivity index (χ0v) is 33.3. The van der Waals surface area contributed by atoms with Gasteiger partial charge < -0.3 is 43.9 Å². The van der Waals surface area contributed by atoms with Crippen LogP contribution >= 0.6 is 0 Å². The Morgan fingerprint density at radius 3 is 1.25 bits per heavy atom. The van der Waals surface area contributed by atoms with Crippen molar-refractivity contribution in [1.82, 2.24) is 14.7 Å². The van der Waals surface area contributed by atoms with Gasteiger partial charge in [-0.3, -0.25) is 10.1 Å². The summed E-state index contributed by atoms with van der Waals surface area (Å²) in [4.78, 5) is 62.4. The number of esters is 1. The second-order valence-electron chi connectivity index (χ2n) is 16.8. The molecule has 16 heteroatoms. The number of nitro benzene ring substituents is 1. The summed E-state index contributed by atoms with van der Waals surface area (Å²) in [6.45, 7) is 23.1. The van der Waals surface area contributed by atoms with Crippen molar-refractivity contribution in [3.05, 3.63) is 39.9 Å². The zero-order chi connectivity index (χ0) is 40.6. The summed E-state index contributed by atoms with van der Waals surface area (Å²) in [5, 5.41) is 29.4. The van der Waals surface area contributed by atoms with E-state index in [9.17, 15) is 39.5 Å². The van der Waals surface area contributed by atoms with Crippen molar-refractivity contribution in [3.63, 3.8) is 0 Å². The summed E-state index contributed by atoms with van der Waals surface area (Å²) in [5.74, 6) is -0.571. The number of ether oxygens (including phenoxy) is 4. The standard InChI is InChI=1S/C17H22N2O6.2C10H19NO3.2CH4/c1-11-9-14(10-18(11)16(21)25-17(2,3)4)24-15(20)12-5-7-13(8-6-12)19(22)23;2*1-7-5-8(12)6-11(7)9(13)14-10(2,3)4;;/h5-8,11,14H,9-10H2,1-4H3;2*7-8,12H,5-6H2,1-4H3;2*1H4/t11-,14+;7-,8+;7-,8-;;/m111../s1. The molecule has 6 atom stereocenters. The van der Waals surface area contributed by atoms with E-state index in [0.29, 0.717) is 32.4 Å². The van der Waals surface area contributed by atoms with Crippen LogP contribution in [0.3, 0.4) is 0 Å². The number of amides is 3. The molecule has 4 rings (SSSR count). The predicted octanol–water partition coefficient (Wildman–Crippen LogP) is 7.17. The molecular weight excluding hydrogens is 716 g/mol. The fourth-order valence-electron chi connectivity index (χ4n) is 5.74. The van der Waals surface area contributed by atoms with Crippen LogP contribution in [0.25, 0.3) is 0 Å². The van der Waals surface area contributed by atoms with Crippen molar-refractivity contribution < 1.29 is 53.3 Å². The largest absolute Gasteiger partial charge is 0.457 e. The SMILES string of the molecule is C.C.C[C@@H]1C[C@@H](O)CN1C(=O)OC(C)(C)C.C[C@@H]1C[C@H](O)CN1C(=O)OC(C)(C)C.C[C@@H]1C[C@H](OC(=O)c2ccc([N+](=O)[O-])cc2)CN1C(=O)OC(C)(C)C. The van der Waals surface area contributed by atoms with Crippen LogP contribution in [0, 0.1) is 10.1 Å². The summed E-state index contributed by atoms with van der Waals surface area (Å²) in [6.07, 6.45) is -0.562. The monoisotopic (exact) mass is 784 g/mol. The maximum atomic E-state index is 12.2. The zero-order valence-electron chi connectivity index (χ0n) is 33.3. The number of benzene rings is 1. The Labute approximate surface area is 327 Å². The third-order valence-corrected chi connectivity index (χ3v) is 8.11. The van der Waals surface area contributed by atoms with E-state index in [1.807, 2.05) is 62.3 Å². The first-order chi connectivity index (χ1) is 24.2. The summed E-state index contributed by atoms with van der Waals surface area (Å²) in [6, 6.07) is 5.24. The van der Waals surface area contributed by atoms with E-state index in [-0.39, 0.29) is 63.0 Å². The first-order valence-corrected chi connectivity index (χ1v) is 18.0. The molecule has 3 aliphatic rings. The lowest BCUT2D eigenvalue weighted by molar-refractivity contribution is -0.384. The molecule has 1 aromatic rings. The van der Waals surface area contributed by atoms with Gasteiger partial charge in [-0.05, 0) is 108 Å². The Hall–Kier alpha value is -4.18. The molecule has 2 N–H and O–H groups in total. The van der Waals surface area contributed by atoms with Crippen LogP contribution in [0.1, 0.15) is 128 Å². The number of nitrogens with zero attached hydrogens (tertiary/aromatic N) is 4. The molecule has 0 spiro atoms. The third-order valence-electron chi connectivity index (χ3n) is 8.11. The summed E-state index contributed by atoms with van der Waals surface area (Å²) < 4.78 is 21.2. The van der Waals surface area contributed by atoms with Crippen molar-refractivity contribution in [2.24, 2.45) is 0 Å². The Morgan fingerprint density at radius 2 is 0.964 bits per heavy atom. The fraction of sp³-hybridized carbons (Fsp3) is 0.744. The fourth-order valence-corrected chi connectivity index (χ4v) is 5.74. The number of non-ortho nitro benzene ring substituents is 1. The topological polar surface area (TPSA) is 199 Å². The first-order valence-electron chi connectivity index (χ1n) is 18.0. The number of β-amino-alcohol motifs (C(OH)–C–C–N with tert-alkyl or cyclic N) is 2. The predicted molar refractivity (Wildman–Crippen MR) is 209 cm³/mol. The molecule has 0 radical (unpaired) electrons. The van der Waals surface area contributed by atoms with Crippen molar-refractivity contribution in [2.45, 2.75) is 170 Å². The first kappa shape index (κ1) is 50.8. The third kappa shape index (κ3) is 17.4. The van der Waals surface area contributed by atoms with Gasteiger partial charge in [0.15, 0.2) is 0 Å². The maximum absolute atomic E-state index is 12.2. The van der Waals surface area contributed by atoms with Gasteiger partial charge in [0, 0.05) is 36.7 Å². The molecule has 16 nitrogen and oxygen atoms in total. The highest BCUT2D eigenvalue weighted by Gasteiger charge is 2.38. The van der Waals surface area contributed by atoms with Crippen LogP contribution in [0.2, 0.25) is 0 Å². The second kappa shape index (κ2) is 20.7. The Bertz CT molecular complexity index is 1370. The molecule has 316 valence electrons. The van der Waals surface area contributed by atoms with Gasteiger partial charge in [0.05, 0.1) is 42.3 Å². The van der Waals surface area contributed by atoms with Gasteiger partial charge in [0.25, 0.3) is 5.69 Å². The summed E-state index contributed by atoms with van der Waals surface area (Å²) in [7, 11) is 0. The van der Waals surface area contributed by atoms with E-state index in [4.69, 9.17) is 18.9 Å². The Morgan fingerprint density at radius 1 is 0.636 bits per heavy atom. The van der Waals surface area contributed by atoms with Crippen LogP contribution in [-0.4, -0.2) is 127 Å². The molecule has 1 aromatic carbocycles. The van der Waals surface area contributed by atoms with Crippen LogP contribution in [0.4, 0.5) is 20.1 Å². The lowest BCUT2D eigenvalue weighted by atomic mass is 10.2. The van der Waals surface area contributed by atoms with Gasteiger partial charge in [-0.1, -0.05) is 14.9 Å². The smallest absolute Gasteiger partial charge is 0.410 e. The highest BCUT2D eigenvalue weighted by molar-refractivity contribution is 5.89. The quantitative estimate of drug-likeness (QED) is 0.136. The molecule has 3 amide bonds. The van der Waals surface area contributed by atoms with Crippen molar-refractivity contribution >= 4 is 29.9 Å². The average Bonchev–Trinajstić information content (AvgIpc) is 3.65. The van der Waals surface area contributed by atoms with Gasteiger partial charge in [0.2, 0.25) is 0 Å². The van der Waals surface area contributed by atoms with Gasteiger partial charge in [-0.2, -0.15) is 0 Å². The minimum atomic E-state index is -0.593. The molecule has 55 heavy (non-hydrogen) atoms. The molecule has 3 aliphatic heterocycles. The Kier molecular flexibility index (Phi) is 19.1. The Balaban J connectivity index is 0.000000837. The van der Waals surface area contributed by atoms with E-state index in [0.717, 1.165) is 0 Å². The number of carbonyl (C=O) groups is 4. The number of aliphatic hydroxyl groups excluding tert-OH is 2. The van der Waals surface area contributed by atoms with Crippen molar-refractivity contribution in [1.29, 1.82) is 0 Å². The van der Waals surface area contributed by atoms with Gasteiger partial charge in [0.1, 0.15) is 22.9 Å². The van der Waals surface area contributed by atoms with Gasteiger partial charge >= 0.3 is 24.2 Å². The molecule has 0 unspecified atom stereocenters. The lowest BCUT2D eigenvalue weighted by Crippen LogP contribution is -2.39. The minimum absolute atomic E-state index is 0. The minimum Gasteiger partial charge on any atom is -0.457 e. The van der Waals surface area contributed by atoms with E-state index in [1.165, 1.54) is 24.3 Å². The molecule has 0 saturated carbocycles. The molecule has 0 aliphatic carbocycles. The number of hydrogen-bond acceptors (Lipinski definition) is 12. The van der Waals surface area contributed by atoms with Gasteiger partial charge in [-0.15, -0.1) is 0 Å². The lowest BCUT2D eigenvalue weighted by Gasteiger charge is -2.26. The van der Waals surface area contributed by atoms with E-state index in [1.54, 1.807) is 35.5 Å². The number of likely N-dealkylation sites (tertiary alicyclic amines) is 3. The molecule has 3 heterocycles. The number of aliphatic hydroxyl groups is 2. The number of carbonyl (C=O) groups excluding carboxylic acids is 4. The van der Waals surface area contributed by atoms with Crippen LogP contribution in [0.5, 0.6) is 0 Å². The molecule has 3 fully saturated rings. The van der Waals surface area contributed by atoms with Crippen molar-refractivity contribution in [3.8, 4) is 0 Å². The number of hydrogen-bond donors (Lipinski definition) is 2. The molecule has 3 saturated heterocycles. The molecule has 0 bridgehead atoms. The highest BCUT2D eigenvalue weighted by Crippen LogP contribution is 2.25. The summed E-state index contributed by atoms with van der Waals surface area (Å²) >= 11 is 0.